The van der Waals surface area contributed by atoms with Crippen LogP contribution in [0.15, 0.2) is 108 Å². The summed E-state index contributed by atoms with van der Waals surface area (Å²) in [6.45, 7) is 5.13. The Kier molecular flexibility index (Phi) is 7.77. The van der Waals surface area contributed by atoms with Crippen LogP contribution in [0.3, 0.4) is 0 Å². The van der Waals surface area contributed by atoms with Gasteiger partial charge in [-0.25, -0.2) is 8.42 Å². The minimum absolute atomic E-state index is 0.0250. The van der Waals surface area contributed by atoms with Crippen LogP contribution in [-0.2, 0) is 10.0 Å². The molecule has 2 heterocycles. The fraction of sp³-hybridized carbons (Fsp3) is 0.235. The van der Waals surface area contributed by atoms with Crippen molar-refractivity contribution in [2.24, 2.45) is 0 Å². The number of aromatic nitrogens is 1. The van der Waals surface area contributed by atoms with Gasteiger partial charge < -0.3 is 10.6 Å². The molecule has 1 saturated heterocycles. The average molecular weight is 594 g/mol. The number of piperazine rings is 1. The number of carbonyl (C=O) groups is 1. The van der Waals surface area contributed by atoms with Crippen molar-refractivity contribution in [3.63, 3.8) is 0 Å². The molecule has 220 valence electrons. The third-order valence-corrected chi connectivity index (χ3v) is 9.97. The molecule has 1 aromatic heterocycles. The van der Waals surface area contributed by atoms with Crippen LogP contribution in [0.5, 0.6) is 0 Å². The van der Waals surface area contributed by atoms with Gasteiger partial charge in [-0.15, -0.1) is 0 Å². The van der Waals surface area contributed by atoms with E-state index >= 15 is 0 Å². The minimum Gasteiger partial charge on any atom is -0.399 e. The number of pyridine rings is 1. The average Bonchev–Trinajstić information content (AvgIpc) is 3.04. The van der Waals surface area contributed by atoms with Gasteiger partial charge in [-0.2, -0.15) is 0 Å². The van der Waals surface area contributed by atoms with E-state index in [1.165, 1.54) is 6.07 Å². The first-order valence-corrected chi connectivity index (χ1v) is 16.0. The predicted octanol–water partition coefficient (Wildman–Crippen LogP) is 5.71. The molecular weight excluding hydrogens is 558 g/mol. The smallest absolute Gasteiger partial charge is 0.262 e. The van der Waals surface area contributed by atoms with Crippen molar-refractivity contribution in [1.82, 2.24) is 14.8 Å². The number of nitrogens with one attached hydrogen (secondary N) is 1. The maximum absolute atomic E-state index is 13.7. The minimum atomic E-state index is -4.00. The summed E-state index contributed by atoms with van der Waals surface area (Å²) < 4.78 is 30.0. The number of carbonyl (C=O) groups excluding carboxylic acids is 1. The summed E-state index contributed by atoms with van der Waals surface area (Å²) in [5.41, 5.74) is 9.28. The Bertz CT molecular complexity index is 1820. The number of rotatable bonds is 7. The highest BCUT2D eigenvalue weighted by Gasteiger charge is 2.35. The fourth-order valence-electron chi connectivity index (χ4n) is 6.12. The molecule has 2 aliphatic rings. The molecule has 0 spiro atoms. The van der Waals surface area contributed by atoms with E-state index in [1.807, 2.05) is 35.2 Å². The van der Waals surface area contributed by atoms with Gasteiger partial charge in [0.15, 0.2) is 0 Å². The molecule has 43 heavy (non-hydrogen) atoms. The number of sulfonamides is 1. The first-order chi connectivity index (χ1) is 20.8. The van der Waals surface area contributed by atoms with Crippen LogP contribution in [0.1, 0.15) is 30.1 Å². The molecular formula is C34H35N5O3S. The van der Waals surface area contributed by atoms with Crippen LogP contribution in [0.2, 0.25) is 0 Å². The van der Waals surface area contributed by atoms with Gasteiger partial charge in [-0.1, -0.05) is 55.5 Å². The molecule has 4 aromatic rings. The van der Waals surface area contributed by atoms with E-state index in [9.17, 15) is 13.2 Å². The highest BCUT2D eigenvalue weighted by Crippen LogP contribution is 2.35. The summed E-state index contributed by atoms with van der Waals surface area (Å²) in [4.78, 5) is 22.3. The van der Waals surface area contributed by atoms with Gasteiger partial charge in [-0.05, 0) is 61.4 Å². The second kappa shape index (κ2) is 11.7. The zero-order valence-electron chi connectivity index (χ0n) is 24.1. The molecule has 1 amide bonds. The summed E-state index contributed by atoms with van der Waals surface area (Å²) in [5.74, 6) is -0.0528. The third kappa shape index (κ3) is 5.66. The lowest BCUT2D eigenvalue weighted by atomic mass is 9.86. The number of nitrogens with zero attached hydrogens (tertiary/aromatic N) is 3. The Balaban J connectivity index is 1.18. The summed E-state index contributed by atoms with van der Waals surface area (Å²) in [6.07, 6.45) is 12.4. The van der Waals surface area contributed by atoms with E-state index in [0.29, 0.717) is 46.7 Å². The quantitative estimate of drug-likeness (QED) is 0.266. The Morgan fingerprint density at radius 1 is 0.953 bits per heavy atom. The van der Waals surface area contributed by atoms with Gasteiger partial charge in [0.25, 0.3) is 15.9 Å². The van der Waals surface area contributed by atoms with E-state index in [4.69, 9.17) is 5.73 Å². The third-order valence-electron chi connectivity index (χ3n) is 8.53. The number of hydrogen-bond donors (Lipinski definition) is 2. The Hall–Kier alpha value is -4.47. The summed E-state index contributed by atoms with van der Waals surface area (Å²) in [7, 11) is -4.00. The van der Waals surface area contributed by atoms with Crippen LogP contribution in [0.4, 0.5) is 11.4 Å². The van der Waals surface area contributed by atoms with Crippen molar-refractivity contribution < 1.29 is 13.2 Å². The van der Waals surface area contributed by atoms with Crippen molar-refractivity contribution in [3.8, 4) is 11.1 Å². The molecule has 0 bridgehead atoms. The van der Waals surface area contributed by atoms with E-state index in [2.05, 4.69) is 45.8 Å². The van der Waals surface area contributed by atoms with E-state index < -0.39 is 10.0 Å². The molecule has 1 aliphatic carbocycles. The Morgan fingerprint density at radius 2 is 1.72 bits per heavy atom. The van der Waals surface area contributed by atoms with Crippen LogP contribution in [0, 0.1) is 0 Å². The van der Waals surface area contributed by atoms with Crippen LogP contribution in [0.25, 0.3) is 22.0 Å². The highest BCUT2D eigenvalue weighted by molar-refractivity contribution is 7.92. The first-order valence-electron chi connectivity index (χ1n) is 14.5. The van der Waals surface area contributed by atoms with Crippen molar-refractivity contribution in [2.75, 3.05) is 36.6 Å². The number of hydrogen-bond acceptors (Lipinski definition) is 6. The van der Waals surface area contributed by atoms with Crippen LogP contribution in [-0.4, -0.2) is 60.8 Å². The van der Waals surface area contributed by atoms with Gasteiger partial charge in [0, 0.05) is 71.4 Å². The topological polar surface area (TPSA) is 109 Å². The second-order valence-corrected chi connectivity index (χ2v) is 12.7. The lowest BCUT2D eigenvalue weighted by Crippen LogP contribution is -2.57. The van der Waals surface area contributed by atoms with E-state index in [0.717, 1.165) is 31.3 Å². The summed E-state index contributed by atoms with van der Waals surface area (Å²) in [6, 6.07) is 20.8. The van der Waals surface area contributed by atoms with Crippen LogP contribution >= 0.6 is 0 Å². The number of nitrogen functional groups attached to an aromatic ring is 1. The lowest BCUT2D eigenvalue weighted by molar-refractivity contribution is 0.0426. The molecule has 3 aromatic carbocycles. The molecule has 1 atom stereocenters. The molecule has 8 nitrogen and oxygen atoms in total. The summed E-state index contributed by atoms with van der Waals surface area (Å²) >= 11 is 0. The monoisotopic (exact) mass is 593 g/mol. The number of benzene rings is 3. The SMILES string of the molecule is CC[C@@]1(N2CCN(C(=O)c3ccc(NS(=O)(=O)c4ccc(N)cc4-c4cccc5cccnc45)cc3)CC2)C=CC=CC1. The Morgan fingerprint density at radius 3 is 2.44 bits per heavy atom. The highest BCUT2D eigenvalue weighted by atomic mass is 32.2. The zero-order valence-corrected chi connectivity index (χ0v) is 24.9. The van der Waals surface area contributed by atoms with Gasteiger partial charge in [-0.3, -0.25) is 19.4 Å². The molecule has 1 fully saturated rings. The Labute approximate surface area is 252 Å². The number of allylic oxidation sites excluding steroid dienone is 2. The number of anilines is 2. The maximum atomic E-state index is 13.7. The van der Waals surface area contributed by atoms with E-state index in [1.54, 1.807) is 42.6 Å². The molecule has 0 radical (unpaired) electrons. The number of para-hydroxylation sites is 1. The molecule has 3 N–H and O–H groups in total. The number of nitrogens with two attached hydrogens (primary N) is 1. The molecule has 6 rings (SSSR count). The standard InChI is InChI=1S/C34H35N5O3S/c1-2-34(17-4-3-5-18-34)39-22-20-38(21-23-39)33(40)26-11-14-28(15-12-26)37-43(41,42)31-16-13-27(35)24-30(31)29-10-6-8-25-9-7-19-36-32(25)29/h3-17,19,24,37H,2,18,20-23,35H2,1H3/t34-/m1/s1. The second-order valence-electron chi connectivity index (χ2n) is 11.0. The van der Waals surface area contributed by atoms with Crippen molar-refractivity contribution in [3.05, 3.63) is 109 Å². The van der Waals surface area contributed by atoms with Gasteiger partial charge in [0.1, 0.15) is 0 Å². The zero-order chi connectivity index (χ0) is 30.0. The van der Waals surface area contributed by atoms with Crippen LogP contribution < -0.4 is 10.5 Å². The van der Waals surface area contributed by atoms with E-state index in [-0.39, 0.29) is 16.3 Å². The lowest BCUT2D eigenvalue weighted by Gasteiger charge is -2.46. The maximum Gasteiger partial charge on any atom is 0.262 e. The predicted molar refractivity (Wildman–Crippen MR) is 172 cm³/mol. The molecule has 9 heteroatoms. The van der Waals surface area contributed by atoms with Gasteiger partial charge in [0.2, 0.25) is 0 Å². The molecule has 1 aliphatic heterocycles. The van der Waals surface area contributed by atoms with Gasteiger partial charge >= 0.3 is 0 Å². The van der Waals surface area contributed by atoms with Crippen molar-refractivity contribution >= 4 is 38.2 Å². The number of fused-ring (bicyclic) bond motifs is 1. The van der Waals surface area contributed by atoms with Crippen molar-refractivity contribution in [2.45, 2.75) is 30.2 Å². The molecule has 0 saturated carbocycles. The normalized spacial score (nSPS) is 19.0. The molecule has 0 unspecified atom stereocenters. The largest absolute Gasteiger partial charge is 0.399 e. The number of amides is 1. The summed E-state index contributed by atoms with van der Waals surface area (Å²) in [5, 5.41) is 0.897. The van der Waals surface area contributed by atoms with Gasteiger partial charge in [0.05, 0.1) is 10.4 Å². The first kappa shape index (κ1) is 28.6. The van der Waals surface area contributed by atoms with Crippen molar-refractivity contribution in [1.29, 1.82) is 0 Å². The fourth-order valence-corrected chi connectivity index (χ4v) is 7.38.